The summed E-state index contributed by atoms with van der Waals surface area (Å²) in [7, 11) is 0. The van der Waals surface area contributed by atoms with Crippen molar-refractivity contribution in [2.24, 2.45) is 0 Å². The molecular weight excluding hydrogens is 464 g/mol. The third-order valence-electron chi connectivity index (χ3n) is 5.53. The number of hydrogen-bond acceptors (Lipinski definition) is 5. The first-order valence-electron chi connectivity index (χ1n) is 11.6. The molecule has 3 N–H and O–H groups in total. The van der Waals surface area contributed by atoms with Crippen molar-refractivity contribution < 1.29 is 18.3 Å². The molecule has 1 atom stereocenters. The van der Waals surface area contributed by atoms with E-state index in [0.29, 0.717) is 24.1 Å². The predicted octanol–water partition coefficient (Wildman–Crippen LogP) is 4.78. The van der Waals surface area contributed by atoms with E-state index in [1.54, 1.807) is 12.1 Å². The highest BCUT2D eigenvalue weighted by atomic mass is 19.1. The molecule has 0 bridgehead atoms. The number of nitrogens with one attached hydrogen (secondary N) is 1. The van der Waals surface area contributed by atoms with E-state index in [0.717, 1.165) is 24.1 Å². The Kier molecular flexibility index (Phi) is 8.10. The Morgan fingerprint density at radius 1 is 1.08 bits per heavy atom. The minimum Gasteiger partial charge on any atom is -0.491 e. The monoisotopic (exact) mass is 495 g/mol. The highest BCUT2D eigenvalue weighted by Crippen LogP contribution is 2.21. The molecule has 0 spiro atoms. The van der Waals surface area contributed by atoms with E-state index >= 15 is 0 Å². The fourth-order valence-electron chi connectivity index (χ4n) is 3.67. The first-order valence-corrected chi connectivity index (χ1v) is 11.6. The van der Waals surface area contributed by atoms with Gasteiger partial charge in [0.25, 0.3) is 5.56 Å². The molecule has 0 saturated heterocycles. The third-order valence-corrected chi connectivity index (χ3v) is 5.53. The van der Waals surface area contributed by atoms with Crippen LogP contribution < -0.4 is 16.6 Å². The maximum atomic E-state index is 14.1. The molecule has 6 nitrogen and oxygen atoms in total. The van der Waals surface area contributed by atoms with E-state index in [-0.39, 0.29) is 28.6 Å². The van der Waals surface area contributed by atoms with Gasteiger partial charge < -0.3 is 15.8 Å². The summed E-state index contributed by atoms with van der Waals surface area (Å²) in [5.74, 6) is -2.00. The van der Waals surface area contributed by atoms with E-state index < -0.39 is 23.0 Å². The predicted molar refractivity (Wildman–Crippen MR) is 137 cm³/mol. The lowest BCUT2D eigenvalue weighted by molar-refractivity contribution is 0.0417. The summed E-state index contributed by atoms with van der Waals surface area (Å²) >= 11 is 0. The molecule has 1 heterocycles. The van der Waals surface area contributed by atoms with Crippen molar-refractivity contribution in [2.45, 2.75) is 45.8 Å². The number of aromatic nitrogens is 1. The number of nitrogens with two attached hydrogens (primary N) is 1. The molecule has 3 rings (SSSR count). The first-order chi connectivity index (χ1) is 16.9. The summed E-state index contributed by atoms with van der Waals surface area (Å²) < 4.78 is 34.4. The second-order valence-electron chi connectivity index (χ2n) is 9.53. The summed E-state index contributed by atoms with van der Waals surface area (Å²) in [5.41, 5.74) is 6.52. The van der Waals surface area contributed by atoms with E-state index in [4.69, 9.17) is 10.5 Å². The average Bonchev–Trinajstić information content (AvgIpc) is 2.78. The van der Waals surface area contributed by atoms with Crippen molar-refractivity contribution in [2.75, 3.05) is 12.3 Å². The fourth-order valence-corrected chi connectivity index (χ4v) is 3.67. The molecule has 8 heteroatoms. The van der Waals surface area contributed by atoms with Gasteiger partial charge in [0.05, 0.1) is 22.9 Å². The second-order valence-corrected chi connectivity index (χ2v) is 9.53. The minimum absolute atomic E-state index is 0.0203. The Morgan fingerprint density at radius 3 is 2.33 bits per heavy atom. The van der Waals surface area contributed by atoms with Crippen LogP contribution in [0.4, 0.5) is 14.6 Å². The molecule has 0 amide bonds. The number of rotatable bonds is 9. The van der Waals surface area contributed by atoms with Gasteiger partial charge in [-0.1, -0.05) is 18.7 Å². The Labute approximate surface area is 209 Å². The maximum absolute atomic E-state index is 14.1. The molecule has 0 unspecified atom stereocenters. The number of benzene rings is 2. The van der Waals surface area contributed by atoms with Gasteiger partial charge in [0.2, 0.25) is 0 Å². The SMILES string of the molecule is C=C(OC(C)(C)C)[C@H](C)NCCc1ccc(-n2c(N)c(C(=O)c3ccc(F)cc3F)ccc2=O)cc1. The molecule has 0 aliphatic rings. The van der Waals surface area contributed by atoms with Crippen molar-refractivity contribution in [1.82, 2.24) is 9.88 Å². The van der Waals surface area contributed by atoms with Crippen LogP contribution in [0.1, 0.15) is 49.2 Å². The molecule has 3 aromatic rings. The van der Waals surface area contributed by atoms with E-state index in [9.17, 15) is 18.4 Å². The highest BCUT2D eigenvalue weighted by Gasteiger charge is 2.20. The minimum atomic E-state index is -1.00. The van der Waals surface area contributed by atoms with E-state index in [2.05, 4.69) is 11.9 Å². The van der Waals surface area contributed by atoms with Gasteiger partial charge in [-0.15, -0.1) is 0 Å². The number of nitrogen functional groups attached to an aromatic ring is 1. The molecule has 0 aliphatic heterocycles. The summed E-state index contributed by atoms with van der Waals surface area (Å²) in [6.45, 7) is 12.6. The number of anilines is 1. The van der Waals surface area contributed by atoms with Crippen LogP contribution in [0.2, 0.25) is 0 Å². The number of pyridine rings is 1. The van der Waals surface area contributed by atoms with Gasteiger partial charge >= 0.3 is 0 Å². The number of ketones is 1. The molecular formula is C28H31F2N3O3. The van der Waals surface area contributed by atoms with Crippen LogP contribution in [0.15, 0.2) is 71.7 Å². The Balaban J connectivity index is 1.74. The van der Waals surface area contributed by atoms with Crippen LogP contribution in [-0.4, -0.2) is 28.5 Å². The molecule has 2 aromatic carbocycles. The van der Waals surface area contributed by atoms with Crippen LogP contribution in [0.25, 0.3) is 5.69 Å². The van der Waals surface area contributed by atoms with Crippen molar-refractivity contribution in [3.63, 3.8) is 0 Å². The van der Waals surface area contributed by atoms with Crippen LogP contribution >= 0.6 is 0 Å². The Morgan fingerprint density at radius 2 is 1.72 bits per heavy atom. The zero-order valence-corrected chi connectivity index (χ0v) is 20.9. The molecule has 0 saturated carbocycles. The maximum Gasteiger partial charge on any atom is 0.256 e. The van der Waals surface area contributed by atoms with Crippen LogP contribution in [0.5, 0.6) is 0 Å². The molecule has 0 fully saturated rings. The van der Waals surface area contributed by atoms with Gasteiger partial charge in [0, 0.05) is 12.1 Å². The summed E-state index contributed by atoms with van der Waals surface area (Å²) in [6, 6.07) is 12.3. The van der Waals surface area contributed by atoms with Crippen molar-refractivity contribution in [3.05, 3.63) is 106 Å². The number of nitrogens with zero attached hydrogens (tertiary/aromatic N) is 1. The summed E-state index contributed by atoms with van der Waals surface area (Å²) in [5, 5.41) is 3.37. The van der Waals surface area contributed by atoms with E-state index in [1.165, 1.54) is 16.7 Å². The lowest BCUT2D eigenvalue weighted by Gasteiger charge is -2.26. The van der Waals surface area contributed by atoms with Gasteiger partial charge in [-0.2, -0.15) is 0 Å². The molecule has 36 heavy (non-hydrogen) atoms. The van der Waals surface area contributed by atoms with Gasteiger partial charge in [-0.05, 0) is 76.6 Å². The lowest BCUT2D eigenvalue weighted by Crippen LogP contribution is -2.33. The quantitative estimate of drug-likeness (QED) is 0.330. The number of carbonyl (C=O) groups excluding carboxylic acids is 1. The lowest BCUT2D eigenvalue weighted by atomic mass is 10.0. The van der Waals surface area contributed by atoms with Crippen molar-refractivity contribution in [1.29, 1.82) is 0 Å². The standard InChI is InChI=1S/C28H31F2N3O3/c1-17(18(2)36-28(3,4)5)32-15-14-19-6-9-21(10-7-19)33-25(34)13-12-23(27(33)31)26(35)22-11-8-20(29)16-24(22)30/h6-13,16-17,32H,2,14-15,31H2,1,3-5H3/t17-/m0/s1. The molecule has 0 radical (unpaired) electrons. The molecule has 190 valence electrons. The van der Waals surface area contributed by atoms with Crippen molar-refractivity contribution >= 4 is 11.6 Å². The van der Waals surface area contributed by atoms with E-state index in [1.807, 2.05) is 39.8 Å². The van der Waals surface area contributed by atoms with Gasteiger partial charge in [-0.3, -0.25) is 14.2 Å². The second kappa shape index (κ2) is 10.9. The van der Waals surface area contributed by atoms with Crippen molar-refractivity contribution in [3.8, 4) is 5.69 Å². The topological polar surface area (TPSA) is 86.3 Å². The average molecular weight is 496 g/mol. The van der Waals surface area contributed by atoms with Gasteiger partial charge in [0.15, 0.2) is 5.78 Å². The normalized spacial score (nSPS) is 12.3. The number of halogens is 2. The van der Waals surface area contributed by atoms with Gasteiger partial charge in [-0.25, -0.2) is 8.78 Å². The fraction of sp³-hybridized carbons (Fsp3) is 0.286. The number of ether oxygens (including phenoxy) is 1. The largest absolute Gasteiger partial charge is 0.491 e. The van der Waals surface area contributed by atoms with Crippen LogP contribution in [0, 0.1) is 11.6 Å². The Bertz CT molecular complexity index is 1330. The zero-order chi connectivity index (χ0) is 26.6. The Hall–Kier alpha value is -3.78. The van der Waals surface area contributed by atoms with Crippen LogP contribution in [-0.2, 0) is 11.2 Å². The highest BCUT2D eigenvalue weighted by molar-refractivity contribution is 6.11. The summed E-state index contributed by atoms with van der Waals surface area (Å²) in [6.07, 6.45) is 0.722. The van der Waals surface area contributed by atoms with Gasteiger partial charge in [0.1, 0.15) is 28.8 Å². The van der Waals surface area contributed by atoms with Crippen LogP contribution in [0.3, 0.4) is 0 Å². The first kappa shape index (κ1) is 26.8. The number of hydrogen-bond donors (Lipinski definition) is 2. The number of carbonyl (C=O) groups is 1. The third kappa shape index (κ3) is 6.46. The molecule has 1 aromatic heterocycles. The smallest absolute Gasteiger partial charge is 0.256 e. The molecule has 0 aliphatic carbocycles. The summed E-state index contributed by atoms with van der Waals surface area (Å²) in [4.78, 5) is 25.4. The zero-order valence-electron chi connectivity index (χ0n) is 20.9.